The maximum Gasteiger partial charge on any atom is 0.152 e. The summed E-state index contributed by atoms with van der Waals surface area (Å²) in [6, 6.07) is 3.06. The summed E-state index contributed by atoms with van der Waals surface area (Å²) in [6.45, 7) is 0. The standard InChI is InChI=1S/C13H10F4N2O/c1-20-12-5-11(7(15)4-10(12)18)19-13-8(16)2-6(14)3-9(13)17/h2-5,19H,18H2,1H3. The van der Waals surface area contributed by atoms with Crippen LogP contribution in [-0.4, -0.2) is 7.11 Å². The van der Waals surface area contributed by atoms with E-state index in [2.05, 4.69) is 5.32 Å². The van der Waals surface area contributed by atoms with E-state index < -0.39 is 29.0 Å². The summed E-state index contributed by atoms with van der Waals surface area (Å²) in [4.78, 5) is 0. The molecule has 0 unspecified atom stereocenters. The van der Waals surface area contributed by atoms with Gasteiger partial charge in [-0.25, -0.2) is 17.6 Å². The van der Waals surface area contributed by atoms with Gasteiger partial charge in [-0.05, 0) is 0 Å². The van der Waals surface area contributed by atoms with Gasteiger partial charge in [0.25, 0.3) is 0 Å². The van der Waals surface area contributed by atoms with E-state index in [0.29, 0.717) is 12.1 Å². The van der Waals surface area contributed by atoms with Crippen molar-refractivity contribution in [2.24, 2.45) is 0 Å². The Labute approximate surface area is 112 Å². The van der Waals surface area contributed by atoms with E-state index in [1.54, 1.807) is 0 Å². The van der Waals surface area contributed by atoms with Gasteiger partial charge < -0.3 is 15.8 Å². The third kappa shape index (κ3) is 2.61. The fourth-order valence-corrected chi connectivity index (χ4v) is 1.64. The highest BCUT2D eigenvalue weighted by Gasteiger charge is 2.15. The first-order chi connectivity index (χ1) is 9.42. The zero-order valence-electron chi connectivity index (χ0n) is 10.3. The Morgan fingerprint density at radius 1 is 0.950 bits per heavy atom. The molecule has 0 saturated carbocycles. The number of hydrogen-bond acceptors (Lipinski definition) is 3. The number of nitrogens with one attached hydrogen (secondary N) is 1. The van der Waals surface area contributed by atoms with Crippen molar-refractivity contribution in [2.75, 3.05) is 18.2 Å². The van der Waals surface area contributed by atoms with Gasteiger partial charge in [0.1, 0.15) is 23.1 Å². The van der Waals surface area contributed by atoms with E-state index >= 15 is 0 Å². The van der Waals surface area contributed by atoms with Gasteiger partial charge in [0.2, 0.25) is 0 Å². The Hall–Kier alpha value is -2.44. The molecule has 0 fully saturated rings. The second kappa shape index (κ2) is 5.28. The highest BCUT2D eigenvalue weighted by molar-refractivity contribution is 5.68. The van der Waals surface area contributed by atoms with Crippen LogP contribution < -0.4 is 15.8 Å². The summed E-state index contributed by atoms with van der Waals surface area (Å²) in [5, 5.41) is 2.21. The Kier molecular flexibility index (Phi) is 3.69. The molecular formula is C13H10F4N2O. The van der Waals surface area contributed by atoms with E-state index in [0.717, 1.165) is 12.1 Å². The summed E-state index contributed by atoms with van der Waals surface area (Å²) in [5.41, 5.74) is 4.60. The Bertz CT molecular complexity index is 638. The lowest BCUT2D eigenvalue weighted by Crippen LogP contribution is -2.02. The van der Waals surface area contributed by atoms with Crippen molar-refractivity contribution < 1.29 is 22.3 Å². The molecule has 0 bridgehead atoms. The molecule has 3 N–H and O–H groups in total. The number of hydrogen-bond donors (Lipinski definition) is 2. The molecule has 2 aromatic carbocycles. The first kappa shape index (κ1) is 14.0. The minimum atomic E-state index is -1.18. The number of rotatable bonds is 3. The number of methoxy groups -OCH3 is 1. The molecule has 7 heteroatoms. The molecule has 106 valence electrons. The molecule has 20 heavy (non-hydrogen) atoms. The van der Waals surface area contributed by atoms with E-state index in [9.17, 15) is 17.6 Å². The van der Waals surface area contributed by atoms with Crippen LogP contribution in [0, 0.1) is 23.3 Å². The number of halogens is 4. The Balaban J connectivity index is 2.45. The SMILES string of the molecule is COc1cc(Nc2c(F)cc(F)cc2F)c(F)cc1N. The van der Waals surface area contributed by atoms with Crippen molar-refractivity contribution in [2.45, 2.75) is 0 Å². The van der Waals surface area contributed by atoms with Gasteiger partial charge in [0, 0.05) is 24.3 Å². The molecule has 0 radical (unpaired) electrons. The van der Waals surface area contributed by atoms with Crippen LogP contribution in [0.15, 0.2) is 24.3 Å². The smallest absolute Gasteiger partial charge is 0.152 e. The van der Waals surface area contributed by atoms with Crippen LogP contribution >= 0.6 is 0 Å². The summed E-state index contributed by atoms with van der Waals surface area (Å²) in [6.07, 6.45) is 0. The normalized spacial score (nSPS) is 10.4. The minimum Gasteiger partial charge on any atom is -0.495 e. The van der Waals surface area contributed by atoms with Crippen molar-refractivity contribution in [3.8, 4) is 5.75 Å². The Morgan fingerprint density at radius 2 is 1.55 bits per heavy atom. The summed E-state index contributed by atoms with van der Waals surface area (Å²) < 4.78 is 58.3. The van der Waals surface area contributed by atoms with Crippen LogP contribution in [0.3, 0.4) is 0 Å². The van der Waals surface area contributed by atoms with Gasteiger partial charge in [-0.15, -0.1) is 0 Å². The molecule has 0 heterocycles. The average molecular weight is 286 g/mol. The quantitative estimate of drug-likeness (QED) is 0.669. The fraction of sp³-hybridized carbons (Fsp3) is 0.0769. The molecule has 0 aliphatic heterocycles. The predicted octanol–water partition coefficient (Wildman–Crippen LogP) is 3.58. The largest absolute Gasteiger partial charge is 0.495 e. The first-order valence-corrected chi connectivity index (χ1v) is 5.47. The van der Waals surface area contributed by atoms with Crippen LogP contribution in [-0.2, 0) is 0 Å². The van der Waals surface area contributed by atoms with Crippen LogP contribution in [0.2, 0.25) is 0 Å². The molecule has 2 rings (SSSR count). The lowest BCUT2D eigenvalue weighted by molar-refractivity contribution is 0.416. The van der Waals surface area contributed by atoms with Crippen LogP contribution in [0.4, 0.5) is 34.6 Å². The van der Waals surface area contributed by atoms with Crippen molar-refractivity contribution in [3.63, 3.8) is 0 Å². The van der Waals surface area contributed by atoms with Gasteiger partial charge >= 0.3 is 0 Å². The molecule has 0 aliphatic carbocycles. The molecule has 2 aromatic rings. The molecule has 0 aromatic heterocycles. The van der Waals surface area contributed by atoms with Crippen molar-refractivity contribution in [1.29, 1.82) is 0 Å². The zero-order chi connectivity index (χ0) is 14.9. The maximum absolute atomic E-state index is 13.7. The molecule has 0 saturated heterocycles. The van der Waals surface area contributed by atoms with Gasteiger partial charge in [-0.2, -0.15) is 0 Å². The van der Waals surface area contributed by atoms with Gasteiger partial charge in [-0.1, -0.05) is 0 Å². The first-order valence-electron chi connectivity index (χ1n) is 5.47. The molecular weight excluding hydrogens is 276 g/mol. The lowest BCUT2D eigenvalue weighted by Gasteiger charge is -2.12. The molecule has 0 atom stereocenters. The lowest BCUT2D eigenvalue weighted by atomic mass is 10.2. The fourth-order valence-electron chi connectivity index (χ4n) is 1.64. The third-order valence-electron chi connectivity index (χ3n) is 2.59. The van der Waals surface area contributed by atoms with E-state index in [-0.39, 0.29) is 17.1 Å². The highest BCUT2D eigenvalue weighted by atomic mass is 19.1. The predicted molar refractivity (Wildman–Crippen MR) is 67.0 cm³/mol. The number of nitrogens with two attached hydrogens (primary N) is 1. The number of ether oxygens (including phenoxy) is 1. The second-order valence-electron chi connectivity index (χ2n) is 3.94. The van der Waals surface area contributed by atoms with E-state index in [1.165, 1.54) is 7.11 Å². The second-order valence-corrected chi connectivity index (χ2v) is 3.94. The third-order valence-corrected chi connectivity index (χ3v) is 2.59. The molecule has 0 amide bonds. The highest BCUT2D eigenvalue weighted by Crippen LogP contribution is 2.32. The van der Waals surface area contributed by atoms with Gasteiger partial charge in [0.05, 0.1) is 18.5 Å². The maximum atomic E-state index is 13.7. The van der Waals surface area contributed by atoms with Gasteiger partial charge in [-0.3, -0.25) is 0 Å². The summed E-state index contributed by atoms with van der Waals surface area (Å²) >= 11 is 0. The van der Waals surface area contributed by atoms with Crippen LogP contribution in [0.1, 0.15) is 0 Å². The topological polar surface area (TPSA) is 47.3 Å². The summed E-state index contributed by atoms with van der Waals surface area (Å²) in [5.74, 6) is -4.13. The van der Waals surface area contributed by atoms with Crippen molar-refractivity contribution in [3.05, 3.63) is 47.5 Å². The average Bonchev–Trinajstić information content (AvgIpc) is 2.35. The monoisotopic (exact) mass is 286 g/mol. The van der Waals surface area contributed by atoms with Crippen LogP contribution in [0.25, 0.3) is 0 Å². The van der Waals surface area contributed by atoms with E-state index in [1.807, 2.05) is 0 Å². The Morgan fingerprint density at radius 3 is 2.10 bits per heavy atom. The van der Waals surface area contributed by atoms with Gasteiger partial charge in [0.15, 0.2) is 11.6 Å². The van der Waals surface area contributed by atoms with Crippen molar-refractivity contribution >= 4 is 17.1 Å². The molecule has 3 nitrogen and oxygen atoms in total. The van der Waals surface area contributed by atoms with Crippen LogP contribution in [0.5, 0.6) is 5.75 Å². The zero-order valence-corrected chi connectivity index (χ0v) is 10.3. The number of benzene rings is 2. The molecule has 0 aliphatic rings. The minimum absolute atomic E-state index is 0.0376. The van der Waals surface area contributed by atoms with Crippen molar-refractivity contribution in [1.82, 2.24) is 0 Å². The number of nitrogen functional groups attached to an aromatic ring is 1. The number of anilines is 3. The van der Waals surface area contributed by atoms with E-state index in [4.69, 9.17) is 10.5 Å². The summed E-state index contributed by atoms with van der Waals surface area (Å²) in [7, 11) is 1.31. The molecule has 0 spiro atoms.